The molecule has 1 fully saturated rings. The van der Waals surface area contributed by atoms with E-state index in [1.54, 1.807) is 0 Å². The number of imidazole rings is 1. The molecule has 1 aliphatic heterocycles. The molecule has 0 aliphatic carbocycles. The van der Waals surface area contributed by atoms with Crippen LogP contribution in [0.25, 0.3) is 11.0 Å². The van der Waals surface area contributed by atoms with Crippen LogP contribution in [0.15, 0.2) is 66.9 Å². The van der Waals surface area contributed by atoms with Crippen molar-refractivity contribution in [2.45, 2.75) is 38.0 Å². The van der Waals surface area contributed by atoms with E-state index in [-0.39, 0.29) is 6.04 Å². The van der Waals surface area contributed by atoms with Crippen LogP contribution in [0.2, 0.25) is 0 Å². The first-order valence-corrected chi connectivity index (χ1v) is 12.3. The SMILES string of the molecule is N#Cc1ccc(CCN2CCC(Nc3nc4ccccc4n3Cc3ccc(C(F)(F)F)nc3)CC2)cc1. The van der Waals surface area contributed by atoms with Crippen molar-refractivity contribution in [2.24, 2.45) is 0 Å². The second-order valence-electron chi connectivity index (χ2n) is 9.38. The number of benzene rings is 2. The molecule has 190 valence electrons. The molecule has 0 amide bonds. The van der Waals surface area contributed by atoms with E-state index in [1.165, 1.54) is 17.8 Å². The Morgan fingerprint density at radius 2 is 1.70 bits per heavy atom. The maximum atomic E-state index is 12.9. The number of anilines is 1. The minimum atomic E-state index is -4.45. The molecule has 2 aromatic heterocycles. The van der Waals surface area contributed by atoms with Crippen LogP contribution in [-0.2, 0) is 19.1 Å². The third-order valence-corrected chi connectivity index (χ3v) is 6.83. The summed E-state index contributed by atoms with van der Waals surface area (Å²) >= 11 is 0. The number of nitrogens with one attached hydrogen (secondary N) is 1. The maximum absolute atomic E-state index is 12.9. The minimum Gasteiger partial charge on any atom is -0.353 e. The summed E-state index contributed by atoms with van der Waals surface area (Å²) < 4.78 is 40.8. The van der Waals surface area contributed by atoms with E-state index in [2.05, 4.69) is 21.3 Å². The third-order valence-electron chi connectivity index (χ3n) is 6.83. The van der Waals surface area contributed by atoms with Crippen molar-refractivity contribution in [1.29, 1.82) is 5.26 Å². The number of likely N-dealkylation sites (tertiary alicyclic amines) is 1. The monoisotopic (exact) mass is 504 g/mol. The van der Waals surface area contributed by atoms with Gasteiger partial charge in [0.15, 0.2) is 0 Å². The smallest absolute Gasteiger partial charge is 0.353 e. The Morgan fingerprint density at radius 3 is 2.38 bits per heavy atom. The first kappa shape index (κ1) is 24.8. The van der Waals surface area contributed by atoms with E-state index in [9.17, 15) is 13.2 Å². The lowest BCUT2D eigenvalue weighted by atomic mass is 10.0. The number of aromatic nitrogens is 3. The summed E-state index contributed by atoms with van der Waals surface area (Å²) in [6, 6.07) is 20.4. The summed E-state index contributed by atoms with van der Waals surface area (Å²) in [5.74, 6) is 0.720. The molecule has 1 N–H and O–H groups in total. The summed E-state index contributed by atoms with van der Waals surface area (Å²) in [6.45, 7) is 3.28. The minimum absolute atomic E-state index is 0.257. The largest absolute Gasteiger partial charge is 0.433 e. The van der Waals surface area contributed by atoms with Crippen LogP contribution in [0.1, 0.15) is 35.2 Å². The number of para-hydroxylation sites is 2. The van der Waals surface area contributed by atoms with Gasteiger partial charge in [-0.3, -0.25) is 4.98 Å². The van der Waals surface area contributed by atoms with E-state index < -0.39 is 11.9 Å². The topological polar surface area (TPSA) is 69.8 Å². The van der Waals surface area contributed by atoms with E-state index in [1.807, 2.05) is 53.1 Å². The molecule has 1 aliphatic rings. The molecule has 0 saturated carbocycles. The van der Waals surface area contributed by atoms with Crippen molar-refractivity contribution in [3.63, 3.8) is 0 Å². The van der Waals surface area contributed by atoms with E-state index in [0.717, 1.165) is 61.9 Å². The van der Waals surface area contributed by atoms with Gasteiger partial charge in [0.1, 0.15) is 5.69 Å². The van der Waals surface area contributed by atoms with Gasteiger partial charge in [0.2, 0.25) is 5.95 Å². The van der Waals surface area contributed by atoms with Crippen molar-refractivity contribution in [2.75, 3.05) is 25.0 Å². The summed E-state index contributed by atoms with van der Waals surface area (Å²) in [4.78, 5) is 10.8. The highest BCUT2D eigenvalue weighted by molar-refractivity contribution is 5.78. The van der Waals surface area contributed by atoms with E-state index >= 15 is 0 Å². The van der Waals surface area contributed by atoms with Gasteiger partial charge in [-0.15, -0.1) is 0 Å². The van der Waals surface area contributed by atoms with Crippen LogP contribution >= 0.6 is 0 Å². The Bertz CT molecular complexity index is 1380. The first-order chi connectivity index (χ1) is 17.9. The summed E-state index contributed by atoms with van der Waals surface area (Å²) in [5, 5.41) is 12.5. The molecule has 37 heavy (non-hydrogen) atoms. The zero-order valence-corrected chi connectivity index (χ0v) is 20.2. The molecular weight excluding hydrogens is 477 g/mol. The molecule has 0 bridgehead atoms. The highest BCUT2D eigenvalue weighted by atomic mass is 19.4. The second kappa shape index (κ2) is 10.6. The Hall–Kier alpha value is -3.90. The van der Waals surface area contributed by atoms with Gasteiger partial charge < -0.3 is 14.8 Å². The van der Waals surface area contributed by atoms with Gasteiger partial charge >= 0.3 is 6.18 Å². The van der Waals surface area contributed by atoms with Crippen LogP contribution in [0.4, 0.5) is 19.1 Å². The zero-order chi connectivity index (χ0) is 25.8. The molecular formula is C28H27F3N6. The lowest BCUT2D eigenvalue weighted by Gasteiger charge is -2.32. The molecule has 5 rings (SSSR count). The summed E-state index contributed by atoms with van der Waals surface area (Å²) in [5.41, 5.74) is 3.45. The number of rotatable bonds is 7. The summed E-state index contributed by atoms with van der Waals surface area (Å²) in [6.07, 6.45) is -0.283. The number of pyridine rings is 1. The lowest BCUT2D eigenvalue weighted by Crippen LogP contribution is -2.40. The quantitative estimate of drug-likeness (QED) is 0.361. The number of hydrogen-bond donors (Lipinski definition) is 1. The van der Waals surface area contributed by atoms with Gasteiger partial charge in [-0.2, -0.15) is 18.4 Å². The highest BCUT2D eigenvalue weighted by Gasteiger charge is 2.32. The molecule has 0 spiro atoms. The van der Waals surface area contributed by atoms with Gasteiger partial charge in [0.05, 0.1) is 29.2 Å². The second-order valence-corrected chi connectivity index (χ2v) is 9.38. The van der Waals surface area contributed by atoms with Crippen LogP contribution in [0.3, 0.4) is 0 Å². The predicted molar refractivity (Wildman–Crippen MR) is 136 cm³/mol. The molecule has 0 radical (unpaired) electrons. The molecule has 2 aromatic carbocycles. The van der Waals surface area contributed by atoms with Crippen molar-refractivity contribution < 1.29 is 13.2 Å². The zero-order valence-electron chi connectivity index (χ0n) is 20.2. The Labute approximate surface area is 213 Å². The molecule has 9 heteroatoms. The van der Waals surface area contributed by atoms with E-state index in [4.69, 9.17) is 10.2 Å². The molecule has 3 heterocycles. The highest BCUT2D eigenvalue weighted by Crippen LogP contribution is 2.28. The average molecular weight is 505 g/mol. The van der Waals surface area contributed by atoms with Crippen LogP contribution in [0.5, 0.6) is 0 Å². The number of alkyl halides is 3. The fourth-order valence-corrected chi connectivity index (χ4v) is 4.73. The number of piperidine rings is 1. The normalized spacial score (nSPS) is 15.1. The van der Waals surface area contributed by atoms with Gasteiger partial charge in [-0.05, 0) is 60.7 Å². The third kappa shape index (κ3) is 5.92. The number of nitrogens with zero attached hydrogens (tertiary/aromatic N) is 5. The molecule has 1 saturated heterocycles. The van der Waals surface area contributed by atoms with Gasteiger partial charge in [-0.1, -0.05) is 30.3 Å². The number of fused-ring (bicyclic) bond motifs is 1. The fourth-order valence-electron chi connectivity index (χ4n) is 4.73. The van der Waals surface area contributed by atoms with Gasteiger partial charge in [0.25, 0.3) is 0 Å². The predicted octanol–water partition coefficient (Wildman–Crippen LogP) is 5.49. The average Bonchev–Trinajstić information content (AvgIpc) is 3.25. The van der Waals surface area contributed by atoms with Gasteiger partial charge in [0, 0.05) is 31.9 Å². The number of hydrogen-bond acceptors (Lipinski definition) is 5. The Kier molecular flexibility index (Phi) is 7.10. The fraction of sp³-hybridized carbons (Fsp3) is 0.321. The van der Waals surface area contributed by atoms with Crippen LogP contribution < -0.4 is 5.32 Å². The van der Waals surface area contributed by atoms with Gasteiger partial charge in [-0.25, -0.2) is 4.98 Å². The van der Waals surface area contributed by atoms with Crippen LogP contribution in [0, 0.1) is 11.3 Å². The Balaban J connectivity index is 1.23. The van der Waals surface area contributed by atoms with Crippen LogP contribution in [-0.4, -0.2) is 45.1 Å². The number of nitriles is 1. The molecule has 6 nitrogen and oxygen atoms in total. The Morgan fingerprint density at radius 1 is 0.973 bits per heavy atom. The maximum Gasteiger partial charge on any atom is 0.433 e. The molecule has 4 aromatic rings. The first-order valence-electron chi connectivity index (χ1n) is 12.3. The number of halogens is 3. The lowest BCUT2D eigenvalue weighted by molar-refractivity contribution is -0.141. The van der Waals surface area contributed by atoms with Crippen molar-refractivity contribution in [1.82, 2.24) is 19.4 Å². The van der Waals surface area contributed by atoms with Crippen molar-refractivity contribution in [3.05, 3.63) is 89.2 Å². The van der Waals surface area contributed by atoms with E-state index in [0.29, 0.717) is 17.7 Å². The standard InChI is InChI=1S/C28H27F3N6/c29-28(30,31)26-10-9-22(18-33-26)19-37-25-4-2-1-3-24(25)35-27(37)34-23-12-15-36(16-13-23)14-11-20-5-7-21(17-32)8-6-20/h1-10,18,23H,11-16,19H2,(H,34,35). The molecule has 0 atom stereocenters. The van der Waals surface area contributed by atoms with Crippen molar-refractivity contribution >= 4 is 17.0 Å². The molecule has 0 unspecified atom stereocenters. The van der Waals surface area contributed by atoms with Crippen molar-refractivity contribution in [3.8, 4) is 6.07 Å². The summed E-state index contributed by atoms with van der Waals surface area (Å²) in [7, 11) is 0.